The van der Waals surface area contributed by atoms with Crippen LogP contribution in [0.2, 0.25) is 0 Å². The first-order valence-electron chi connectivity index (χ1n) is 7.95. The Kier molecular flexibility index (Phi) is 4.64. The topological polar surface area (TPSA) is 70.8 Å². The summed E-state index contributed by atoms with van der Waals surface area (Å²) in [6.45, 7) is 0.518. The van der Waals surface area contributed by atoms with Gasteiger partial charge in [-0.1, -0.05) is 12.8 Å². The van der Waals surface area contributed by atoms with Gasteiger partial charge >= 0.3 is 5.97 Å². The number of aromatic carboxylic acids is 1. The van der Waals surface area contributed by atoms with Gasteiger partial charge in [-0.05, 0) is 43.2 Å². The summed E-state index contributed by atoms with van der Waals surface area (Å²) in [5.74, 6) is -1.79. The van der Waals surface area contributed by atoms with Gasteiger partial charge in [-0.3, -0.25) is 4.79 Å². The molecule has 1 N–H and O–H groups in total. The Balaban J connectivity index is 1.92. The molecular weight excluding hydrogens is 313 g/mol. The molecule has 0 aliphatic carbocycles. The van der Waals surface area contributed by atoms with Crippen LogP contribution in [0.5, 0.6) is 0 Å². The third-order valence-electron chi connectivity index (χ3n) is 4.33. The highest BCUT2D eigenvalue weighted by molar-refractivity contribution is 5.96. The minimum atomic E-state index is -1.23. The van der Waals surface area contributed by atoms with E-state index in [1.165, 1.54) is 12.1 Å². The number of halogens is 1. The monoisotopic (exact) mass is 331 g/mol. The average molecular weight is 331 g/mol. The molecular formula is C18H18FNO4. The van der Waals surface area contributed by atoms with E-state index in [-0.39, 0.29) is 17.2 Å². The number of rotatable bonds is 3. The summed E-state index contributed by atoms with van der Waals surface area (Å²) in [4.78, 5) is 25.4. The van der Waals surface area contributed by atoms with Gasteiger partial charge in [0.1, 0.15) is 11.6 Å². The van der Waals surface area contributed by atoms with Crippen molar-refractivity contribution in [2.75, 3.05) is 6.54 Å². The van der Waals surface area contributed by atoms with Gasteiger partial charge < -0.3 is 14.4 Å². The number of carboxylic acids is 1. The highest BCUT2D eigenvalue weighted by Gasteiger charge is 2.30. The zero-order valence-electron chi connectivity index (χ0n) is 13.1. The van der Waals surface area contributed by atoms with Gasteiger partial charge in [-0.15, -0.1) is 0 Å². The zero-order valence-corrected chi connectivity index (χ0v) is 13.1. The number of amides is 1. The maximum atomic E-state index is 14.3. The van der Waals surface area contributed by atoms with Crippen LogP contribution in [0.3, 0.4) is 0 Å². The van der Waals surface area contributed by atoms with Crippen LogP contribution in [-0.4, -0.2) is 28.4 Å². The third-order valence-corrected chi connectivity index (χ3v) is 4.33. The van der Waals surface area contributed by atoms with Crippen molar-refractivity contribution in [1.82, 2.24) is 4.90 Å². The standard InChI is InChI=1S/C18H18FNO4/c19-14-11-12(18(22)23)7-8-13(14)17(21)20-9-3-1-2-5-15(20)16-6-4-10-24-16/h4,6-8,10-11,15H,1-3,5,9H2,(H,22,23). The van der Waals surface area contributed by atoms with Gasteiger partial charge in [-0.25, -0.2) is 9.18 Å². The summed E-state index contributed by atoms with van der Waals surface area (Å²) in [6, 6.07) is 6.73. The predicted molar refractivity (Wildman–Crippen MR) is 84.3 cm³/mol. The summed E-state index contributed by atoms with van der Waals surface area (Å²) >= 11 is 0. The molecule has 5 nitrogen and oxygen atoms in total. The molecule has 1 aliphatic heterocycles. The Hall–Kier alpha value is -2.63. The summed E-state index contributed by atoms with van der Waals surface area (Å²) < 4.78 is 19.7. The minimum absolute atomic E-state index is 0.113. The second kappa shape index (κ2) is 6.86. The molecule has 3 rings (SSSR count). The van der Waals surface area contributed by atoms with E-state index in [0.29, 0.717) is 12.3 Å². The highest BCUT2D eigenvalue weighted by Crippen LogP contribution is 2.32. The summed E-state index contributed by atoms with van der Waals surface area (Å²) in [7, 11) is 0. The normalized spacial score (nSPS) is 18.2. The lowest BCUT2D eigenvalue weighted by atomic mass is 10.1. The summed E-state index contributed by atoms with van der Waals surface area (Å²) in [6.07, 6.45) is 5.13. The van der Waals surface area contributed by atoms with Crippen molar-refractivity contribution in [3.63, 3.8) is 0 Å². The number of likely N-dealkylation sites (tertiary alicyclic amines) is 1. The Morgan fingerprint density at radius 3 is 2.71 bits per heavy atom. The second-order valence-electron chi connectivity index (χ2n) is 5.88. The fourth-order valence-corrected chi connectivity index (χ4v) is 3.10. The van der Waals surface area contributed by atoms with E-state index >= 15 is 0 Å². The van der Waals surface area contributed by atoms with Crippen LogP contribution < -0.4 is 0 Å². The van der Waals surface area contributed by atoms with Crippen molar-refractivity contribution >= 4 is 11.9 Å². The average Bonchev–Trinajstić information content (AvgIpc) is 2.98. The number of hydrogen-bond donors (Lipinski definition) is 1. The number of nitrogens with zero attached hydrogens (tertiary/aromatic N) is 1. The van der Waals surface area contributed by atoms with Crippen LogP contribution in [0.1, 0.15) is 58.2 Å². The molecule has 0 saturated carbocycles. The molecule has 24 heavy (non-hydrogen) atoms. The number of carbonyl (C=O) groups excluding carboxylic acids is 1. The Labute approximate surface area is 138 Å². The Morgan fingerprint density at radius 2 is 2.04 bits per heavy atom. The number of benzene rings is 1. The number of carbonyl (C=O) groups is 2. The van der Waals surface area contributed by atoms with Crippen LogP contribution in [0.15, 0.2) is 41.0 Å². The van der Waals surface area contributed by atoms with E-state index in [0.717, 1.165) is 31.7 Å². The summed E-state index contributed by atoms with van der Waals surface area (Å²) in [5, 5.41) is 8.92. The molecule has 1 unspecified atom stereocenters. The molecule has 1 amide bonds. The Bertz CT molecular complexity index is 741. The van der Waals surface area contributed by atoms with E-state index < -0.39 is 17.7 Å². The van der Waals surface area contributed by atoms with Crippen molar-refractivity contribution in [2.24, 2.45) is 0 Å². The smallest absolute Gasteiger partial charge is 0.335 e. The lowest BCUT2D eigenvalue weighted by Crippen LogP contribution is -2.35. The SMILES string of the molecule is O=C(O)c1ccc(C(=O)N2CCCCCC2c2ccco2)c(F)c1. The van der Waals surface area contributed by atoms with E-state index in [1.54, 1.807) is 17.2 Å². The molecule has 2 heterocycles. The fraction of sp³-hybridized carbons (Fsp3) is 0.333. The van der Waals surface area contributed by atoms with Gasteiger partial charge in [0, 0.05) is 6.54 Å². The molecule has 0 bridgehead atoms. The number of furan rings is 1. The highest BCUT2D eigenvalue weighted by atomic mass is 19.1. The van der Waals surface area contributed by atoms with Gasteiger partial charge in [0.2, 0.25) is 0 Å². The zero-order chi connectivity index (χ0) is 17.1. The fourth-order valence-electron chi connectivity index (χ4n) is 3.10. The molecule has 1 atom stereocenters. The molecule has 1 aromatic carbocycles. The van der Waals surface area contributed by atoms with E-state index in [2.05, 4.69) is 0 Å². The van der Waals surface area contributed by atoms with Gasteiger partial charge in [-0.2, -0.15) is 0 Å². The molecule has 126 valence electrons. The molecule has 1 saturated heterocycles. The van der Waals surface area contributed by atoms with Gasteiger partial charge in [0.05, 0.1) is 23.4 Å². The molecule has 2 aromatic rings. The lowest BCUT2D eigenvalue weighted by Gasteiger charge is -2.29. The van der Waals surface area contributed by atoms with Crippen LogP contribution in [0.4, 0.5) is 4.39 Å². The third kappa shape index (κ3) is 3.18. The van der Waals surface area contributed by atoms with Crippen LogP contribution in [0.25, 0.3) is 0 Å². The van der Waals surface area contributed by atoms with Crippen molar-refractivity contribution in [1.29, 1.82) is 0 Å². The largest absolute Gasteiger partial charge is 0.478 e. The lowest BCUT2D eigenvalue weighted by molar-refractivity contribution is 0.0649. The molecule has 0 spiro atoms. The van der Waals surface area contributed by atoms with Crippen molar-refractivity contribution in [3.05, 3.63) is 59.3 Å². The molecule has 0 radical (unpaired) electrons. The van der Waals surface area contributed by atoms with Crippen molar-refractivity contribution in [2.45, 2.75) is 31.7 Å². The quantitative estimate of drug-likeness (QED) is 0.926. The first kappa shape index (κ1) is 16.2. The van der Waals surface area contributed by atoms with Crippen LogP contribution in [0, 0.1) is 5.82 Å². The predicted octanol–water partition coefficient (Wildman–Crippen LogP) is 3.87. The molecule has 1 fully saturated rings. The number of carboxylic acid groups (broad SMARTS) is 1. The number of hydrogen-bond acceptors (Lipinski definition) is 3. The van der Waals surface area contributed by atoms with Crippen molar-refractivity contribution in [3.8, 4) is 0 Å². The maximum absolute atomic E-state index is 14.3. The minimum Gasteiger partial charge on any atom is -0.478 e. The first-order chi connectivity index (χ1) is 11.6. The summed E-state index contributed by atoms with van der Waals surface area (Å²) in [5.41, 5.74) is -0.291. The van der Waals surface area contributed by atoms with E-state index in [4.69, 9.17) is 9.52 Å². The Morgan fingerprint density at radius 1 is 1.21 bits per heavy atom. The van der Waals surface area contributed by atoms with Gasteiger partial charge in [0.15, 0.2) is 0 Å². The molecule has 6 heteroatoms. The molecule has 1 aliphatic rings. The second-order valence-corrected chi connectivity index (χ2v) is 5.88. The van der Waals surface area contributed by atoms with Gasteiger partial charge in [0.25, 0.3) is 5.91 Å². The van der Waals surface area contributed by atoms with Crippen molar-refractivity contribution < 1.29 is 23.5 Å². The maximum Gasteiger partial charge on any atom is 0.335 e. The van der Waals surface area contributed by atoms with Crippen LogP contribution >= 0.6 is 0 Å². The first-order valence-corrected chi connectivity index (χ1v) is 7.95. The van der Waals surface area contributed by atoms with E-state index in [1.807, 2.05) is 6.07 Å². The van der Waals surface area contributed by atoms with E-state index in [9.17, 15) is 14.0 Å². The molecule has 1 aromatic heterocycles. The van der Waals surface area contributed by atoms with Crippen LogP contribution in [-0.2, 0) is 0 Å².